The van der Waals surface area contributed by atoms with E-state index in [2.05, 4.69) is 6.58 Å². The summed E-state index contributed by atoms with van der Waals surface area (Å²) in [5.41, 5.74) is 1.56. The maximum atomic E-state index is 12.8. The van der Waals surface area contributed by atoms with E-state index < -0.39 is 6.10 Å². The first kappa shape index (κ1) is 9.93. The summed E-state index contributed by atoms with van der Waals surface area (Å²) in [5, 5.41) is 9.48. The van der Waals surface area contributed by atoms with Gasteiger partial charge in [-0.2, -0.15) is 0 Å². The van der Waals surface area contributed by atoms with Crippen LogP contribution in [-0.2, 0) is 6.42 Å². The average Bonchev–Trinajstić information content (AvgIpc) is 2.16. The van der Waals surface area contributed by atoms with E-state index in [1.165, 1.54) is 18.2 Å². The molecule has 0 radical (unpaired) electrons. The van der Waals surface area contributed by atoms with Crippen LogP contribution in [0, 0.1) is 5.82 Å². The van der Waals surface area contributed by atoms with Crippen LogP contribution in [0.3, 0.4) is 0 Å². The summed E-state index contributed by atoms with van der Waals surface area (Å²) in [6.45, 7) is 5.43. The quantitative estimate of drug-likeness (QED) is 0.709. The molecule has 1 atom stereocenters. The van der Waals surface area contributed by atoms with Crippen LogP contribution < -0.4 is 0 Å². The Morgan fingerprint density at radius 1 is 1.62 bits per heavy atom. The number of halogens is 1. The zero-order valence-electron chi connectivity index (χ0n) is 7.63. The van der Waals surface area contributed by atoms with E-state index in [4.69, 9.17) is 0 Å². The highest BCUT2D eigenvalue weighted by molar-refractivity contribution is 5.31. The van der Waals surface area contributed by atoms with Crippen molar-refractivity contribution in [2.24, 2.45) is 0 Å². The number of aliphatic hydroxyl groups excluding tert-OH is 1. The second-order valence-corrected chi connectivity index (χ2v) is 2.88. The van der Waals surface area contributed by atoms with Crippen molar-refractivity contribution in [3.63, 3.8) is 0 Å². The molecule has 1 rings (SSSR count). The van der Waals surface area contributed by atoms with Gasteiger partial charge in [0.2, 0.25) is 0 Å². The van der Waals surface area contributed by atoms with Crippen molar-refractivity contribution in [2.45, 2.75) is 19.4 Å². The van der Waals surface area contributed by atoms with Gasteiger partial charge in [-0.1, -0.05) is 19.1 Å². The van der Waals surface area contributed by atoms with Gasteiger partial charge in [0.1, 0.15) is 5.82 Å². The van der Waals surface area contributed by atoms with Crippen LogP contribution in [0.25, 0.3) is 0 Å². The van der Waals surface area contributed by atoms with Gasteiger partial charge >= 0.3 is 0 Å². The minimum absolute atomic E-state index is 0.326. The second-order valence-electron chi connectivity index (χ2n) is 2.88. The maximum absolute atomic E-state index is 12.8. The predicted molar refractivity (Wildman–Crippen MR) is 50.9 cm³/mol. The van der Waals surface area contributed by atoms with Crippen LogP contribution in [0.4, 0.5) is 4.39 Å². The lowest BCUT2D eigenvalue weighted by atomic mass is 10.0. The molecule has 0 aliphatic heterocycles. The number of rotatable bonds is 3. The van der Waals surface area contributed by atoms with Gasteiger partial charge in [0, 0.05) is 0 Å². The SMILES string of the molecule is C=CC(O)c1cc(F)ccc1CC. The molecule has 0 saturated carbocycles. The standard InChI is InChI=1S/C11H13FO/c1-3-8-5-6-9(12)7-10(8)11(13)4-2/h4-7,11,13H,2-3H2,1H3. The summed E-state index contributed by atoms with van der Waals surface area (Å²) in [6.07, 6.45) is 1.40. The molecular weight excluding hydrogens is 167 g/mol. The fraction of sp³-hybridized carbons (Fsp3) is 0.273. The van der Waals surface area contributed by atoms with Crippen molar-refractivity contribution in [3.05, 3.63) is 47.8 Å². The summed E-state index contributed by atoms with van der Waals surface area (Å²) >= 11 is 0. The molecule has 1 aromatic carbocycles. The van der Waals surface area contributed by atoms with E-state index in [1.54, 1.807) is 6.07 Å². The molecule has 1 aromatic rings. The number of benzene rings is 1. The molecule has 0 aliphatic carbocycles. The van der Waals surface area contributed by atoms with Gasteiger partial charge < -0.3 is 5.11 Å². The van der Waals surface area contributed by atoms with Gasteiger partial charge in [-0.3, -0.25) is 0 Å². The topological polar surface area (TPSA) is 20.2 Å². The molecule has 0 aliphatic rings. The van der Waals surface area contributed by atoms with E-state index in [0.717, 1.165) is 12.0 Å². The molecule has 2 heteroatoms. The molecule has 0 aromatic heterocycles. The Morgan fingerprint density at radius 3 is 2.85 bits per heavy atom. The molecule has 1 unspecified atom stereocenters. The summed E-state index contributed by atoms with van der Waals surface area (Å²) in [4.78, 5) is 0. The Morgan fingerprint density at radius 2 is 2.31 bits per heavy atom. The zero-order chi connectivity index (χ0) is 9.84. The first-order valence-electron chi connectivity index (χ1n) is 4.28. The Bertz CT molecular complexity index is 307. The van der Waals surface area contributed by atoms with Gasteiger partial charge in [-0.15, -0.1) is 6.58 Å². The van der Waals surface area contributed by atoms with Gasteiger partial charge in [0.05, 0.1) is 6.10 Å². The van der Waals surface area contributed by atoms with E-state index >= 15 is 0 Å². The van der Waals surface area contributed by atoms with E-state index in [-0.39, 0.29) is 5.82 Å². The predicted octanol–water partition coefficient (Wildman–Crippen LogP) is 2.61. The molecule has 70 valence electrons. The van der Waals surface area contributed by atoms with Crippen molar-refractivity contribution < 1.29 is 9.50 Å². The third kappa shape index (κ3) is 2.16. The van der Waals surface area contributed by atoms with Crippen molar-refractivity contribution in [1.82, 2.24) is 0 Å². The number of hydrogen-bond acceptors (Lipinski definition) is 1. The van der Waals surface area contributed by atoms with Crippen molar-refractivity contribution >= 4 is 0 Å². The third-order valence-corrected chi connectivity index (χ3v) is 2.03. The molecule has 0 fully saturated rings. The molecular formula is C11H13FO. The van der Waals surface area contributed by atoms with Gasteiger partial charge in [-0.25, -0.2) is 4.39 Å². The zero-order valence-corrected chi connectivity index (χ0v) is 7.63. The normalized spacial score (nSPS) is 12.5. The van der Waals surface area contributed by atoms with E-state index in [1.807, 2.05) is 6.92 Å². The van der Waals surface area contributed by atoms with Crippen LogP contribution in [0.1, 0.15) is 24.2 Å². The molecule has 0 bridgehead atoms. The monoisotopic (exact) mass is 180 g/mol. The van der Waals surface area contributed by atoms with Crippen LogP contribution in [0.5, 0.6) is 0 Å². The lowest BCUT2D eigenvalue weighted by molar-refractivity contribution is 0.227. The largest absolute Gasteiger partial charge is 0.384 e. The van der Waals surface area contributed by atoms with Gasteiger partial charge in [0.25, 0.3) is 0 Å². The van der Waals surface area contributed by atoms with Crippen LogP contribution in [0.2, 0.25) is 0 Å². The fourth-order valence-electron chi connectivity index (χ4n) is 1.29. The molecule has 1 nitrogen and oxygen atoms in total. The fourth-order valence-corrected chi connectivity index (χ4v) is 1.29. The minimum atomic E-state index is -0.773. The summed E-state index contributed by atoms with van der Waals surface area (Å²) < 4.78 is 12.8. The Kier molecular flexibility index (Phi) is 3.20. The van der Waals surface area contributed by atoms with Crippen molar-refractivity contribution in [1.29, 1.82) is 0 Å². The first-order valence-corrected chi connectivity index (χ1v) is 4.28. The lowest BCUT2D eigenvalue weighted by Crippen LogP contribution is -1.99. The Hall–Kier alpha value is -1.15. The lowest BCUT2D eigenvalue weighted by Gasteiger charge is -2.10. The molecule has 0 heterocycles. The van der Waals surface area contributed by atoms with Gasteiger partial charge in [0.15, 0.2) is 0 Å². The molecule has 1 N–H and O–H groups in total. The summed E-state index contributed by atoms with van der Waals surface area (Å²) in [6, 6.07) is 4.45. The molecule has 0 saturated heterocycles. The first-order chi connectivity index (χ1) is 6.19. The summed E-state index contributed by atoms with van der Waals surface area (Å²) in [5.74, 6) is -0.326. The number of aryl methyl sites for hydroxylation is 1. The van der Waals surface area contributed by atoms with Gasteiger partial charge in [-0.05, 0) is 29.7 Å². The Labute approximate surface area is 77.5 Å². The molecule has 0 amide bonds. The highest BCUT2D eigenvalue weighted by Gasteiger charge is 2.08. The molecule has 0 spiro atoms. The minimum Gasteiger partial charge on any atom is -0.384 e. The van der Waals surface area contributed by atoms with E-state index in [9.17, 15) is 9.50 Å². The molecule has 13 heavy (non-hydrogen) atoms. The smallest absolute Gasteiger partial charge is 0.123 e. The average molecular weight is 180 g/mol. The van der Waals surface area contributed by atoms with Crippen LogP contribution in [0.15, 0.2) is 30.9 Å². The highest BCUT2D eigenvalue weighted by Crippen LogP contribution is 2.20. The second kappa shape index (κ2) is 4.19. The third-order valence-electron chi connectivity index (χ3n) is 2.03. The maximum Gasteiger partial charge on any atom is 0.123 e. The number of aliphatic hydroxyl groups is 1. The summed E-state index contributed by atoms with van der Waals surface area (Å²) in [7, 11) is 0. The van der Waals surface area contributed by atoms with Crippen molar-refractivity contribution in [3.8, 4) is 0 Å². The Balaban J connectivity index is 3.14. The van der Waals surface area contributed by atoms with Crippen LogP contribution >= 0.6 is 0 Å². The highest BCUT2D eigenvalue weighted by atomic mass is 19.1. The van der Waals surface area contributed by atoms with Crippen molar-refractivity contribution in [2.75, 3.05) is 0 Å². The number of hydrogen-bond donors (Lipinski definition) is 1. The van der Waals surface area contributed by atoms with E-state index in [0.29, 0.717) is 5.56 Å². The van der Waals surface area contributed by atoms with Crippen LogP contribution in [-0.4, -0.2) is 5.11 Å².